The van der Waals surface area contributed by atoms with Crippen molar-refractivity contribution in [3.63, 3.8) is 0 Å². The number of hydrogen-bond donors (Lipinski definition) is 0. The van der Waals surface area contributed by atoms with E-state index in [4.69, 9.17) is 4.42 Å². The van der Waals surface area contributed by atoms with E-state index in [9.17, 15) is 0 Å². The molecule has 0 spiro atoms. The van der Waals surface area contributed by atoms with Crippen LogP contribution in [-0.4, -0.2) is 9.13 Å². The van der Waals surface area contributed by atoms with Crippen LogP contribution in [0.3, 0.4) is 0 Å². The Bertz CT molecular complexity index is 4030. The molecule has 0 bridgehead atoms. The Labute approximate surface area is 369 Å². The highest BCUT2D eigenvalue weighted by atomic mass is 16.3. The van der Waals surface area contributed by atoms with E-state index >= 15 is 0 Å². The highest BCUT2D eigenvalue weighted by molar-refractivity contribution is 6.14. The average molecular weight is 815 g/mol. The van der Waals surface area contributed by atoms with E-state index in [0.29, 0.717) is 0 Å². The first-order valence-corrected chi connectivity index (χ1v) is 22.1. The molecule has 0 saturated carbocycles. The fourth-order valence-corrected chi connectivity index (χ4v) is 10.7. The number of hydrogen-bond acceptors (Lipinski definition) is 1. The molecule has 0 N–H and O–H groups in total. The molecule has 3 heteroatoms. The van der Waals surface area contributed by atoms with Crippen LogP contribution in [0.5, 0.6) is 0 Å². The van der Waals surface area contributed by atoms with Gasteiger partial charge < -0.3 is 13.6 Å². The first-order chi connectivity index (χ1) is 31.7. The topological polar surface area (TPSA) is 23.0 Å². The standard InChI is InChI=1S/C61H38N2O/c1-3-14-46(15-4-1)62-55-20-9-7-18-48(55)52-35-41(25-29-57(52)62)39-13-11-12-38(32-39)40-22-23-44-33-45-24-28-50-54-37-43(27-31-59(54)64-61(50)60(45)51(44)34-40)42-26-30-58-53(36-42)49-19-8-10-21-56(49)63(58)47-16-5-2-6-17-47/h1-32,34-37H,33H2. The Kier molecular flexibility index (Phi) is 7.46. The van der Waals surface area contributed by atoms with Gasteiger partial charge in [0.05, 0.1) is 22.1 Å². The van der Waals surface area contributed by atoms with Gasteiger partial charge >= 0.3 is 0 Å². The van der Waals surface area contributed by atoms with Crippen molar-refractivity contribution in [1.82, 2.24) is 9.13 Å². The number of rotatable bonds is 5. The summed E-state index contributed by atoms with van der Waals surface area (Å²) in [6.07, 6.45) is 0.899. The first kappa shape index (κ1) is 35.2. The van der Waals surface area contributed by atoms with Gasteiger partial charge in [0.2, 0.25) is 0 Å². The van der Waals surface area contributed by atoms with Crippen molar-refractivity contribution in [2.24, 2.45) is 0 Å². The molecule has 1 aliphatic rings. The molecule has 0 aliphatic heterocycles. The minimum atomic E-state index is 0.899. The minimum absolute atomic E-state index is 0.899. The number of para-hydroxylation sites is 4. The van der Waals surface area contributed by atoms with Crippen LogP contribution in [0.4, 0.5) is 0 Å². The Hall–Kier alpha value is -8.40. The van der Waals surface area contributed by atoms with Gasteiger partial charge in [-0.2, -0.15) is 0 Å². The van der Waals surface area contributed by atoms with Gasteiger partial charge in [0.25, 0.3) is 0 Å². The monoisotopic (exact) mass is 814 g/mol. The summed E-state index contributed by atoms with van der Waals surface area (Å²) >= 11 is 0. The van der Waals surface area contributed by atoms with E-state index in [1.807, 2.05) is 0 Å². The summed E-state index contributed by atoms with van der Waals surface area (Å²) in [7, 11) is 0. The Balaban J connectivity index is 0.841. The summed E-state index contributed by atoms with van der Waals surface area (Å²) in [6, 6.07) is 79.8. The highest BCUT2D eigenvalue weighted by Gasteiger charge is 2.25. The summed E-state index contributed by atoms with van der Waals surface area (Å²) in [5, 5.41) is 7.31. The quantitative estimate of drug-likeness (QED) is 0.170. The number of aromatic nitrogens is 2. The van der Waals surface area contributed by atoms with Crippen LogP contribution >= 0.6 is 0 Å². The third-order valence-corrected chi connectivity index (χ3v) is 13.7. The van der Waals surface area contributed by atoms with Crippen LogP contribution in [0.2, 0.25) is 0 Å². The second kappa shape index (κ2) is 13.5. The first-order valence-electron chi connectivity index (χ1n) is 22.1. The van der Waals surface area contributed by atoms with E-state index < -0.39 is 0 Å². The zero-order chi connectivity index (χ0) is 41.9. The maximum Gasteiger partial charge on any atom is 0.143 e. The van der Waals surface area contributed by atoms with Gasteiger partial charge in [-0.25, -0.2) is 0 Å². The molecule has 0 saturated heterocycles. The van der Waals surface area contributed by atoms with Crippen molar-refractivity contribution < 1.29 is 4.42 Å². The van der Waals surface area contributed by atoms with E-state index in [2.05, 4.69) is 228 Å². The van der Waals surface area contributed by atoms with Crippen LogP contribution < -0.4 is 0 Å². The van der Waals surface area contributed by atoms with E-state index in [1.165, 1.54) is 111 Å². The normalized spacial score (nSPS) is 12.3. The summed E-state index contributed by atoms with van der Waals surface area (Å²) in [5.74, 6) is 0. The smallest absolute Gasteiger partial charge is 0.143 e. The van der Waals surface area contributed by atoms with Gasteiger partial charge in [0, 0.05) is 49.3 Å². The largest absolute Gasteiger partial charge is 0.455 e. The number of benzene rings is 10. The molecular weight excluding hydrogens is 777 g/mol. The van der Waals surface area contributed by atoms with Crippen LogP contribution in [0.25, 0.3) is 121 Å². The van der Waals surface area contributed by atoms with Crippen molar-refractivity contribution in [1.29, 1.82) is 0 Å². The van der Waals surface area contributed by atoms with E-state index in [0.717, 1.165) is 28.4 Å². The lowest BCUT2D eigenvalue weighted by Gasteiger charge is -2.10. The molecule has 64 heavy (non-hydrogen) atoms. The predicted molar refractivity (Wildman–Crippen MR) is 267 cm³/mol. The minimum Gasteiger partial charge on any atom is -0.455 e. The second-order valence-electron chi connectivity index (χ2n) is 17.3. The van der Waals surface area contributed by atoms with Gasteiger partial charge in [-0.05, 0) is 141 Å². The van der Waals surface area contributed by atoms with Crippen LogP contribution in [-0.2, 0) is 6.42 Å². The van der Waals surface area contributed by atoms with Crippen molar-refractivity contribution >= 4 is 65.6 Å². The highest BCUT2D eigenvalue weighted by Crippen LogP contribution is 2.47. The Morgan fingerprint density at radius 3 is 1.42 bits per heavy atom. The zero-order valence-electron chi connectivity index (χ0n) is 34.8. The van der Waals surface area contributed by atoms with Gasteiger partial charge in [0.15, 0.2) is 0 Å². The average Bonchev–Trinajstić information content (AvgIpc) is 4.11. The molecule has 0 atom stereocenters. The predicted octanol–water partition coefficient (Wildman–Crippen LogP) is 16.4. The van der Waals surface area contributed by atoms with Crippen LogP contribution in [0.15, 0.2) is 223 Å². The lowest BCUT2D eigenvalue weighted by Crippen LogP contribution is -1.92. The van der Waals surface area contributed by atoms with E-state index in [-0.39, 0.29) is 0 Å². The molecule has 0 amide bonds. The van der Waals surface area contributed by atoms with Gasteiger partial charge in [-0.1, -0.05) is 133 Å². The van der Waals surface area contributed by atoms with Gasteiger partial charge in [-0.3, -0.25) is 0 Å². The van der Waals surface area contributed by atoms with Gasteiger partial charge in [0.1, 0.15) is 11.2 Å². The molecule has 3 heterocycles. The summed E-state index contributed by atoms with van der Waals surface area (Å²) < 4.78 is 11.6. The third kappa shape index (κ3) is 5.22. The van der Waals surface area contributed by atoms with Crippen molar-refractivity contribution in [2.75, 3.05) is 0 Å². The van der Waals surface area contributed by atoms with Crippen LogP contribution in [0.1, 0.15) is 11.1 Å². The second-order valence-corrected chi connectivity index (χ2v) is 17.3. The fraction of sp³-hybridized carbons (Fsp3) is 0.0164. The molecule has 3 nitrogen and oxygen atoms in total. The SMILES string of the molecule is c1ccc(-n2c3ccccc3c3cc(-c4cccc(-c5ccc6c(c5)-c5c(ccc7c5oc5ccc(-c8ccc9c(c8)c8ccccc8n9-c8ccccc8)cc57)C6)c4)ccc32)cc1. The number of nitrogens with zero attached hydrogens (tertiary/aromatic N) is 2. The molecule has 0 unspecified atom stereocenters. The lowest BCUT2D eigenvalue weighted by molar-refractivity contribution is 0.670. The van der Waals surface area contributed by atoms with E-state index in [1.54, 1.807) is 0 Å². The molecule has 3 aromatic heterocycles. The Morgan fingerprint density at radius 2 is 0.797 bits per heavy atom. The zero-order valence-corrected chi connectivity index (χ0v) is 34.8. The molecule has 14 rings (SSSR count). The van der Waals surface area contributed by atoms with Crippen molar-refractivity contribution in [3.8, 4) is 55.9 Å². The fourth-order valence-electron chi connectivity index (χ4n) is 10.7. The van der Waals surface area contributed by atoms with Crippen molar-refractivity contribution in [3.05, 3.63) is 230 Å². The maximum absolute atomic E-state index is 6.84. The van der Waals surface area contributed by atoms with Gasteiger partial charge in [-0.15, -0.1) is 0 Å². The third-order valence-electron chi connectivity index (χ3n) is 13.7. The summed E-state index contributed by atoms with van der Waals surface area (Å²) in [6.45, 7) is 0. The number of fused-ring (bicyclic) bond motifs is 13. The molecular formula is C61H38N2O. The maximum atomic E-state index is 6.84. The molecule has 1 aliphatic carbocycles. The molecule has 0 fully saturated rings. The summed E-state index contributed by atoms with van der Waals surface area (Å²) in [4.78, 5) is 0. The lowest BCUT2D eigenvalue weighted by atomic mass is 9.95. The van der Waals surface area contributed by atoms with Crippen LogP contribution in [0, 0.1) is 0 Å². The molecule has 13 aromatic rings. The molecule has 0 radical (unpaired) electrons. The molecule has 10 aromatic carbocycles. The number of furan rings is 1. The van der Waals surface area contributed by atoms with Crippen molar-refractivity contribution in [2.45, 2.75) is 6.42 Å². The Morgan fingerprint density at radius 1 is 0.312 bits per heavy atom. The summed E-state index contributed by atoms with van der Waals surface area (Å²) in [5.41, 5.74) is 21.4. The molecule has 298 valence electrons.